The van der Waals surface area contributed by atoms with Crippen molar-refractivity contribution in [1.29, 1.82) is 0 Å². The number of sulfonamides is 1. The monoisotopic (exact) mass is 386 g/mol. The summed E-state index contributed by atoms with van der Waals surface area (Å²) in [5.41, 5.74) is 3.45. The Morgan fingerprint density at radius 2 is 1.59 bits per heavy atom. The number of rotatable bonds is 5. The molecule has 2 N–H and O–H groups in total. The molecule has 2 aromatic carbocycles. The summed E-state index contributed by atoms with van der Waals surface area (Å²) in [6, 6.07) is 12.5. The molecule has 0 aliphatic heterocycles. The van der Waals surface area contributed by atoms with Crippen LogP contribution in [0.1, 0.15) is 16.7 Å². The second-order valence-corrected chi connectivity index (χ2v) is 7.84. The zero-order valence-corrected chi connectivity index (χ0v) is 15.9. The summed E-state index contributed by atoms with van der Waals surface area (Å²) in [7, 11) is -3.88. The maximum absolute atomic E-state index is 13.2. The molecular weight excluding hydrogens is 367 g/mol. The Morgan fingerprint density at radius 1 is 0.889 bits per heavy atom. The second-order valence-electron chi connectivity index (χ2n) is 6.19. The van der Waals surface area contributed by atoms with E-state index in [0.717, 1.165) is 28.9 Å². The number of aromatic nitrogens is 2. The number of nitrogens with one attached hydrogen (secondary N) is 2. The molecule has 3 rings (SSSR count). The minimum absolute atomic E-state index is 0.0108. The van der Waals surface area contributed by atoms with Gasteiger partial charge in [-0.2, -0.15) is 0 Å². The first kappa shape index (κ1) is 18.8. The zero-order chi connectivity index (χ0) is 19.6. The van der Waals surface area contributed by atoms with Gasteiger partial charge in [0, 0.05) is 5.69 Å². The molecule has 0 amide bonds. The summed E-state index contributed by atoms with van der Waals surface area (Å²) in [6.45, 7) is 5.54. The minimum Gasteiger partial charge on any atom is -0.339 e. The van der Waals surface area contributed by atoms with Crippen molar-refractivity contribution in [1.82, 2.24) is 10.2 Å². The van der Waals surface area contributed by atoms with Gasteiger partial charge in [-0.25, -0.2) is 12.8 Å². The van der Waals surface area contributed by atoms with Gasteiger partial charge in [-0.3, -0.25) is 4.72 Å². The summed E-state index contributed by atoms with van der Waals surface area (Å²) >= 11 is 0. The van der Waals surface area contributed by atoms with Gasteiger partial charge in [-0.1, -0.05) is 12.1 Å². The fraction of sp³-hybridized carbons (Fsp3) is 0.158. The van der Waals surface area contributed by atoms with Crippen LogP contribution in [0.25, 0.3) is 0 Å². The fourth-order valence-corrected chi connectivity index (χ4v) is 3.81. The number of halogens is 1. The van der Waals surface area contributed by atoms with E-state index in [4.69, 9.17) is 0 Å². The number of aryl methyl sites for hydroxylation is 2. The molecule has 0 spiro atoms. The first-order valence-corrected chi connectivity index (χ1v) is 9.70. The highest BCUT2D eigenvalue weighted by atomic mass is 32.2. The molecule has 3 aromatic rings. The lowest BCUT2D eigenvalue weighted by molar-refractivity contribution is 0.598. The zero-order valence-electron chi connectivity index (χ0n) is 15.1. The Bertz CT molecular complexity index is 1080. The summed E-state index contributed by atoms with van der Waals surface area (Å²) in [5, 5.41) is 11.1. The van der Waals surface area contributed by atoms with E-state index in [2.05, 4.69) is 20.2 Å². The first-order valence-electron chi connectivity index (χ1n) is 8.22. The van der Waals surface area contributed by atoms with E-state index in [1.54, 1.807) is 6.07 Å². The summed E-state index contributed by atoms with van der Waals surface area (Å²) in [5.74, 6) is 0.0722. The average Bonchev–Trinajstić information content (AvgIpc) is 2.60. The molecule has 0 aliphatic carbocycles. The third kappa shape index (κ3) is 4.22. The molecule has 8 heteroatoms. The molecule has 27 heavy (non-hydrogen) atoms. The van der Waals surface area contributed by atoms with E-state index >= 15 is 0 Å². The maximum atomic E-state index is 13.2. The molecule has 0 radical (unpaired) electrons. The van der Waals surface area contributed by atoms with Gasteiger partial charge in [0.05, 0.1) is 4.90 Å². The molecule has 6 nitrogen and oxygen atoms in total. The van der Waals surface area contributed by atoms with Crippen LogP contribution in [0.15, 0.2) is 53.4 Å². The summed E-state index contributed by atoms with van der Waals surface area (Å²) in [4.78, 5) is -0.0108. The van der Waals surface area contributed by atoms with Gasteiger partial charge in [0.15, 0.2) is 11.6 Å². The van der Waals surface area contributed by atoms with Gasteiger partial charge < -0.3 is 5.32 Å². The largest absolute Gasteiger partial charge is 0.339 e. The number of anilines is 3. The van der Waals surface area contributed by atoms with Crippen LogP contribution in [0, 0.1) is 26.6 Å². The van der Waals surface area contributed by atoms with E-state index in [1.807, 2.05) is 32.0 Å². The topological polar surface area (TPSA) is 84.0 Å². The van der Waals surface area contributed by atoms with Crippen LogP contribution in [0.5, 0.6) is 0 Å². The van der Waals surface area contributed by atoms with Crippen molar-refractivity contribution in [3.63, 3.8) is 0 Å². The molecule has 1 heterocycles. The van der Waals surface area contributed by atoms with Gasteiger partial charge >= 0.3 is 0 Å². The Hall–Kier alpha value is -3.00. The Kier molecular flexibility index (Phi) is 5.09. The van der Waals surface area contributed by atoms with Crippen LogP contribution in [0.3, 0.4) is 0 Å². The number of hydrogen-bond donors (Lipinski definition) is 2. The lowest BCUT2D eigenvalue weighted by atomic mass is 10.1. The lowest BCUT2D eigenvalue weighted by Gasteiger charge is -2.12. The SMILES string of the molecule is Cc1cc(F)ccc1S(=O)(=O)Nc1ccc(Nc2cccc(C)c2C)nn1. The van der Waals surface area contributed by atoms with Crippen LogP contribution in [-0.4, -0.2) is 18.6 Å². The van der Waals surface area contributed by atoms with E-state index in [9.17, 15) is 12.8 Å². The van der Waals surface area contributed by atoms with E-state index in [1.165, 1.54) is 19.1 Å². The normalized spacial score (nSPS) is 11.3. The standard InChI is InChI=1S/C19H19FN4O2S/c1-12-5-4-6-16(14(12)3)21-18-9-10-19(23-22-18)24-27(25,26)17-8-7-15(20)11-13(17)2/h4-11H,1-3H3,(H,21,22)(H,23,24). The van der Waals surface area contributed by atoms with Crippen LogP contribution in [0.4, 0.5) is 21.7 Å². The number of hydrogen-bond acceptors (Lipinski definition) is 5. The van der Waals surface area contributed by atoms with Crippen molar-refractivity contribution in [3.8, 4) is 0 Å². The van der Waals surface area contributed by atoms with Gasteiger partial charge in [0.25, 0.3) is 10.0 Å². The van der Waals surface area contributed by atoms with E-state index in [0.29, 0.717) is 11.4 Å². The highest BCUT2D eigenvalue weighted by molar-refractivity contribution is 7.92. The van der Waals surface area contributed by atoms with Crippen LogP contribution >= 0.6 is 0 Å². The molecule has 0 saturated heterocycles. The Labute approximate surface area is 157 Å². The van der Waals surface area contributed by atoms with Crippen LogP contribution in [0.2, 0.25) is 0 Å². The highest BCUT2D eigenvalue weighted by Gasteiger charge is 2.18. The van der Waals surface area contributed by atoms with E-state index in [-0.39, 0.29) is 10.7 Å². The number of benzene rings is 2. The molecule has 0 bridgehead atoms. The lowest BCUT2D eigenvalue weighted by Crippen LogP contribution is -2.15. The molecule has 1 aromatic heterocycles. The molecule has 0 saturated carbocycles. The molecule has 0 unspecified atom stereocenters. The summed E-state index contributed by atoms with van der Waals surface area (Å²) < 4.78 is 40.5. The average molecular weight is 386 g/mol. The summed E-state index contributed by atoms with van der Waals surface area (Å²) in [6.07, 6.45) is 0. The fourth-order valence-electron chi connectivity index (χ4n) is 2.58. The quantitative estimate of drug-likeness (QED) is 0.690. The second kappa shape index (κ2) is 7.32. The van der Waals surface area contributed by atoms with Crippen LogP contribution < -0.4 is 10.0 Å². The van der Waals surface area contributed by atoms with Crippen molar-refractivity contribution < 1.29 is 12.8 Å². The van der Waals surface area contributed by atoms with Crippen LogP contribution in [-0.2, 0) is 10.0 Å². The number of nitrogens with zero attached hydrogens (tertiary/aromatic N) is 2. The minimum atomic E-state index is -3.88. The smallest absolute Gasteiger partial charge is 0.263 e. The molecule has 140 valence electrons. The molecule has 0 atom stereocenters. The molecule has 0 fully saturated rings. The third-order valence-electron chi connectivity index (χ3n) is 4.20. The first-order chi connectivity index (χ1) is 12.8. The Morgan fingerprint density at radius 3 is 2.26 bits per heavy atom. The molecule has 0 aliphatic rings. The van der Waals surface area contributed by atoms with Crippen molar-refractivity contribution in [2.24, 2.45) is 0 Å². The van der Waals surface area contributed by atoms with Gasteiger partial charge in [-0.15, -0.1) is 10.2 Å². The van der Waals surface area contributed by atoms with Crippen molar-refractivity contribution in [2.45, 2.75) is 25.7 Å². The predicted molar refractivity (Wildman–Crippen MR) is 103 cm³/mol. The van der Waals surface area contributed by atoms with Gasteiger partial charge in [0.1, 0.15) is 5.82 Å². The van der Waals surface area contributed by atoms with E-state index < -0.39 is 15.8 Å². The predicted octanol–water partition coefficient (Wildman–Crippen LogP) is 4.09. The Balaban J connectivity index is 1.78. The maximum Gasteiger partial charge on any atom is 0.263 e. The van der Waals surface area contributed by atoms with Crippen molar-refractivity contribution in [2.75, 3.05) is 10.0 Å². The van der Waals surface area contributed by atoms with Gasteiger partial charge in [-0.05, 0) is 73.9 Å². The third-order valence-corrected chi connectivity index (χ3v) is 5.71. The molecular formula is C19H19FN4O2S. The van der Waals surface area contributed by atoms with Crippen molar-refractivity contribution in [3.05, 3.63) is 71.0 Å². The highest BCUT2D eigenvalue weighted by Crippen LogP contribution is 2.23. The van der Waals surface area contributed by atoms with Crippen molar-refractivity contribution >= 4 is 27.3 Å². The van der Waals surface area contributed by atoms with Gasteiger partial charge in [0.2, 0.25) is 0 Å².